The Balaban J connectivity index is 1.42. The van der Waals surface area contributed by atoms with Crippen LogP contribution in [0.4, 0.5) is 0 Å². The molecule has 2 bridgehead atoms. The highest BCUT2D eigenvalue weighted by molar-refractivity contribution is 6.17. The molecule has 1 aromatic rings. The van der Waals surface area contributed by atoms with Crippen molar-refractivity contribution in [2.45, 2.75) is 66.2 Å². The minimum atomic E-state index is -0.193. The van der Waals surface area contributed by atoms with Crippen LogP contribution in [0.25, 0.3) is 0 Å². The van der Waals surface area contributed by atoms with E-state index < -0.39 is 0 Å². The molecule has 0 aromatic heterocycles. The molecule has 0 spiro atoms. The molecule has 32 heavy (non-hydrogen) atoms. The van der Waals surface area contributed by atoms with Gasteiger partial charge >= 0.3 is 0 Å². The van der Waals surface area contributed by atoms with Gasteiger partial charge in [-0.05, 0) is 72.1 Å². The number of ketones is 2. The summed E-state index contributed by atoms with van der Waals surface area (Å²) in [5.41, 5.74) is 5.30. The first-order chi connectivity index (χ1) is 15.3. The summed E-state index contributed by atoms with van der Waals surface area (Å²) in [5.74, 6) is 0.211. The number of allylic oxidation sites excluding steroid dienone is 8. The lowest BCUT2D eigenvalue weighted by Gasteiger charge is -2.37. The van der Waals surface area contributed by atoms with Crippen molar-refractivity contribution in [1.29, 1.82) is 0 Å². The van der Waals surface area contributed by atoms with Crippen molar-refractivity contribution in [2.24, 2.45) is 23.2 Å². The van der Waals surface area contributed by atoms with Crippen LogP contribution in [-0.2, 0) is 0 Å². The highest BCUT2D eigenvalue weighted by Gasteiger charge is 2.61. The molecule has 1 fully saturated rings. The van der Waals surface area contributed by atoms with Gasteiger partial charge in [0.15, 0.2) is 11.6 Å². The number of hydrogen-bond donors (Lipinski definition) is 0. The average molecular weight is 429 g/mol. The number of Topliss-reactive ketones (excluding diaryl/α,β-unsaturated/α-hetero) is 2. The van der Waals surface area contributed by atoms with Gasteiger partial charge in [0.25, 0.3) is 0 Å². The maximum atomic E-state index is 13.4. The maximum Gasteiger partial charge on any atom is 0.168 e. The molecule has 0 saturated heterocycles. The second-order valence-electron chi connectivity index (χ2n) is 10.4. The minimum absolute atomic E-state index is 0.164. The van der Waals surface area contributed by atoms with Crippen molar-refractivity contribution in [3.8, 4) is 0 Å². The summed E-state index contributed by atoms with van der Waals surface area (Å²) in [6, 6.07) is 7.41. The third-order valence-electron chi connectivity index (χ3n) is 7.73. The van der Waals surface area contributed by atoms with E-state index in [1.54, 1.807) is 0 Å². The molecule has 0 radical (unpaired) electrons. The van der Waals surface area contributed by atoms with Crippen LogP contribution in [-0.4, -0.2) is 11.6 Å². The van der Waals surface area contributed by atoms with Crippen molar-refractivity contribution in [3.63, 3.8) is 0 Å². The Labute approximate surface area is 193 Å². The zero-order chi connectivity index (χ0) is 22.9. The highest BCUT2D eigenvalue weighted by atomic mass is 16.1. The van der Waals surface area contributed by atoms with Gasteiger partial charge in [0.05, 0.1) is 0 Å². The largest absolute Gasteiger partial charge is 0.294 e. The van der Waals surface area contributed by atoms with Gasteiger partial charge in [-0.3, -0.25) is 9.59 Å². The zero-order valence-corrected chi connectivity index (χ0v) is 20.0. The quantitative estimate of drug-likeness (QED) is 0.398. The molecule has 1 saturated carbocycles. The second kappa shape index (κ2) is 9.17. The first-order valence-corrected chi connectivity index (χ1v) is 12.1. The molecule has 168 valence electrons. The van der Waals surface area contributed by atoms with Crippen LogP contribution in [0.3, 0.4) is 0 Å². The first kappa shape index (κ1) is 22.7. The van der Waals surface area contributed by atoms with Crippen LogP contribution in [0.5, 0.6) is 0 Å². The second-order valence-corrected chi connectivity index (χ2v) is 10.4. The van der Waals surface area contributed by atoms with E-state index in [4.69, 9.17) is 0 Å². The van der Waals surface area contributed by atoms with Crippen LogP contribution in [0, 0.1) is 23.2 Å². The summed E-state index contributed by atoms with van der Waals surface area (Å²) in [6.45, 7) is 8.73. The van der Waals surface area contributed by atoms with E-state index in [0.717, 1.165) is 38.5 Å². The van der Waals surface area contributed by atoms with Gasteiger partial charge in [-0.1, -0.05) is 71.4 Å². The van der Waals surface area contributed by atoms with E-state index in [0.29, 0.717) is 11.1 Å². The Kier molecular flexibility index (Phi) is 6.51. The smallest absolute Gasteiger partial charge is 0.168 e. The molecule has 4 atom stereocenters. The molecule has 4 rings (SSSR count). The van der Waals surface area contributed by atoms with Gasteiger partial charge in [0, 0.05) is 28.4 Å². The number of rotatable bonds is 8. The first-order valence-electron chi connectivity index (χ1n) is 12.1. The van der Waals surface area contributed by atoms with E-state index in [1.807, 2.05) is 24.3 Å². The normalized spacial score (nSPS) is 28.7. The highest BCUT2D eigenvalue weighted by Crippen LogP contribution is 2.61. The molecular formula is C30H36O2. The molecule has 0 heterocycles. The van der Waals surface area contributed by atoms with E-state index >= 15 is 0 Å². The van der Waals surface area contributed by atoms with E-state index in [2.05, 4.69) is 58.1 Å². The Bertz CT molecular complexity index is 1030. The SMILES string of the molecule is CC(C)=CCC/C(C)=C/CC/C(C)=C/C[C@]12C=C[C@H](C1)C1C(=O)c3ccccc3C(=O)C12. The predicted molar refractivity (Wildman–Crippen MR) is 132 cm³/mol. The van der Waals surface area contributed by atoms with Gasteiger partial charge < -0.3 is 0 Å². The van der Waals surface area contributed by atoms with Crippen molar-refractivity contribution in [1.82, 2.24) is 0 Å². The van der Waals surface area contributed by atoms with E-state index in [9.17, 15) is 9.59 Å². The minimum Gasteiger partial charge on any atom is -0.294 e. The van der Waals surface area contributed by atoms with Crippen LogP contribution in [0.1, 0.15) is 86.9 Å². The van der Waals surface area contributed by atoms with E-state index in [1.165, 1.54) is 16.7 Å². The summed E-state index contributed by atoms with van der Waals surface area (Å²) >= 11 is 0. The Hall–Kier alpha value is -2.48. The number of benzene rings is 1. The number of carbonyl (C=O) groups is 2. The lowest BCUT2D eigenvalue weighted by Crippen LogP contribution is -2.42. The van der Waals surface area contributed by atoms with Crippen molar-refractivity contribution < 1.29 is 9.59 Å². The monoisotopic (exact) mass is 428 g/mol. The number of fused-ring (bicyclic) bond motifs is 6. The summed E-state index contributed by atoms with van der Waals surface area (Å²) in [5, 5.41) is 0. The number of hydrogen-bond acceptors (Lipinski definition) is 2. The topological polar surface area (TPSA) is 34.1 Å². The molecule has 0 N–H and O–H groups in total. The van der Waals surface area contributed by atoms with Gasteiger partial charge in [-0.25, -0.2) is 0 Å². The molecule has 1 aromatic carbocycles. The number of carbonyl (C=O) groups excluding carboxylic acids is 2. The van der Waals surface area contributed by atoms with Crippen LogP contribution < -0.4 is 0 Å². The zero-order valence-electron chi connectivity index (χ0n) is 20.0. The fraction of sp³-hybridized carbons (Fsp3) is 0.467. The molecular weight excluding hydrogens is 392 g/mol. The Morgan fingerprint density at radius 2 is 1.53 bits per heavy atom. The van der Waals surface area contributed by atoms with Crippen molar-refractivity contribution in [3.05, 3.63) is 82.5 Å². The third-order valence-corrected chi connectivity index (χ3v) is 7.73. The fourth-order valence-electron chi connectivity index (χ4n) is 5.98. The van der Waals surface area contributed by atoms with Gasteiger partial charge in [0.2, 0.25) is 0 Å². The molecule has 2 nitrogen and oxygen atoms in total. The third kappa shape index (κ3) is 4.25. The molecule has 2 unspecified atom stereocenters. The van der Waals surface area contributed by atoms with Crippen LogP contribution in [0.15, 0.2) is 71.4 Å². The van der Waals surface area contributed by atoms with Crippen LogP contribution in [0.2, 0.25) is 0 Å². The average Bonchev–Trinajstić information content (AvgIpc) is 3.33. The lowest BCUT2D eigenvalue weighted by molar-refractivity contribution is 0.0665. The maximum absolute atomic E-state index is 13.4. The summed E-state index contributed by atoms with van der Waals surface area (Å²) in [4.78, 5) is 26.7. The predicted octanol–water partition coefficient (Wildman–Crippen LogP) is 7.68. The molecule has 0 aliphatic heterocycles. The van der Waals surface area contributed by atoms with Gasteiger partial charge in [0.1, 0.15) is 0 Å². The molecule has 3 aliphatic carbocycles. The summed E-state index contributed by atoms with van der Waals surface area (Å²) < 4.78 is 0. The van der Waals surface area contributed by atoms with Gasteiger partial charge in [-0.2, -0.15) is 0 Å². The van der Waals surface area contributed by atoms with Crippen LogP contribution >= 0.6 is 0 Å². The summed E-state index contributed by atoms with van der Waals surface area (Å²) in [6.07, 6.45) is 17.6. The summed E-state index contributed by atoms with van der Waals surface area (Å²) in [7, 11) is 0. The van der Waals surface area contributed by atoms with Gasteiger partial charge in [-0.15, -0.1) is 0 Å². The molecule has 2 heteroatoms. The lowest BCUT2D eigenvalue weighted by atomic mass is 9.63. The van der Waals surface area contributed by atoms with Crippen molar-refractivity contribution in [2.75, 3.05) is 0 Å². The molecule has 3 aliphatic rings. The Morgan fingerprint density at radius 1 is 0.906 bits per heavy atom. The van der Waals surface area contributed by atoms with E-state index in [-0.39, 0.29) is 34.7 Å². The fourth-order valence-corrected chi connectivity index (χ4v) is 5.98. The van der Waals surface area contributed by atoms with Crippen molar-refractivity contribution >= 4 is 11.6 Å². The standard InChI is InChI=1S/C30H36O2/c1-20(2)9-7-10-21(3)11-8-12-22(4)15-17-30-18-16-23(19-30)26-27(30)29(32)25-14-6-5-13-24(25)28(26)31/h5-6,9,11,13-16,18,23,26-27H,7-8,10,12,17,19H2,1-4H3/b21-11+,22-15+/t23-,26?,27?,30+/m1/s1. The molecule has 0 amide bonds. The Morgan fingerprint density at radius 3 is 2.22 bits per heavy atom.